The van der Waals surface area contributed by atoms with Crippen LogP contribution in [0.3, 0.4) is 0 Å². The van der Waals surface area contributed by atoms with Crippen LogP contribution in [0.25, 0.3) is 4.85 Å². The molecule has 0 fully saturated rings. The third-order valence-electron chi connectivity index (χ3n) is 2.55. The summed E-state index contributed by atoms with van der Waals surface area (Å²) in [5, 5.41) is 0. The number of hydrogen-bond donors (Lipinski definition) is 0. The first-order chi connectivity index (χ1) is 8.13. The Hall–Kier alpha value is -1.69. The van der Waals surface area contributed by atoms with Crippen LogP contribution in [0, 0.1) is 13.5 Å². The molecule has 1 atom stereocenters. The molecule has 1 aromatic carbocycles. The fraction of sp³-hybridized carbons (Fsp3) is 0.500. The zero-order chi connectivity index (χ0) is 12.8. The summed E-state index contributed by atoms with van der Waals surface area (Å²) in [6.45, 7) is 16.1. The molecule has 0 aliphatic heterocycles. The molecule has 0 aliphatic rings. The van der Waals surface area contributed by atoms with Crippen molar-refractivity contribution in [3.05, 3.63) is 34.7 Å². The molecule has 0 amide bonds. The van der Waals surface area contributed by atoms with Crippen molar-refractivity contribution >= 4 is 0 Å². The number of hydrogen-bond acceptors (Lipinski definition) is 2. The molecule has 0 bridgehead atoms. The summed E-state index contributed by atoms with van der Waals surface area (Å²) in [6, 6.07) is 3.66. The van der Waals surface area contributed by atoms with Crippen molar-refractivity contribution < 1.29 is 9.47 Å². The number of nitrogens with zero attached hydrogens (tertiary/aromatic N) is 1. The van der Waals surface area contributed by atoms with E-state index in [1.165, 1.54) is 0 Å². The van der Waals surface area contributed by atoms with E-state index in [4.69, 9.17) is 16.0 Å². The van der Waals surface area contributed by atoms with Gasteiger partial charge in [-0.05, 0) is 38.5 Å². The zero-order valence-corrected chi connectivity index (χ0v) is 10.9. The lowest BCUT2D eigenvalue weighted by molar-refractivity contribution is 0.325. The van der Waals surface area contributed by atoms with Crippen LogP contribution in [0.4, 0.5) is 0 Å². The molecule has 3 nitrogen and oxygen atoms in total. The fourth-order valence-electron chi connectivity index (χ4n) is 1.66. The van der Waals surface area contributed by atoms with Gasteiger partial charge in [0.05, 0.1) is 18.8 Å². The molecule has 0 saturated heterocycles. The predicted octanol–water partition coefficient (Wildman–Crippen LogP) is 3.77. The molecule has 1 rings (SSSR count). The van der Waals surface area contributed by atoms with Crippen molar-refractivity contribution in [3.8, 4) is 11.5 Å². The second-order valence-corrected chi connectivity index (χ2v) is 3.83. The summed E-state index contributed by atoms with van der Waals surface area (Å²) in [5.41, 5.74) is 1.94. The quantitative estimate of drug-likeness (QED) is 0.722. The van der Waals surface area contributed by atoms with Gasteiger partial charge in [-0.15, -0.1) is 0 Å². The molecule has 0 spiro atoms. The number of ether oxygens (including phenoxy) is 2. The molecule has 0 aromatic heterocycles. The van der Waals surface area contributed by atoms with Crippen LogP contribution in [-0.2, 0) is 0 Å². The summed E-state index contributed by atoms with van der Waals surface area (Å²) < 4.78 is 11.1. The Morgan fingerprint density at radius 3 is 2.29 bits per heavy atom. The predicted molar refractivity (Wildman–Crippen MR) is 68.5 cm³/mol. The SMILES string of the molecule is [C-]#[N+]C(C)c1cc(OCC)c(C)cc1OCC. The maximum atomic E-state index is 7.13. The van der Waals surface area contributed by atoms with Gasteiger partial charge in [-0.2, -0.15) is 0 Å². The van der Waals surface area contributed by atoms with Gasteiger partial charge >= 0.3 is 0 Å². The summed E-state index contributed by atoms with van der Waals surface area (Å²) in [7, 11) is 0. The molecule has 3 heteroatoms. The number of benzene rings is 1. The Morgan fingerprint density at radius 2 is 1.76 bits per heavy atom. The minimum atomic E-state index is -0.212. The van der Waals surface area contributed by atoms with Gasteiger partial charge in [-0.3, -0.25) is 0 Å². The van der Waals surface area contributed by atoms with Crippen LogP contribution in [-0.4, -0.2) is 13.2 Å². The molecular weight excluding hydrogens is 214 g/mol. The average Bonchev–Trinajstić information content (AvgIpc) is 2.32. The molecule has 92 valence electrons. The van der Waals surface area contributed by atoms with E-state index in [-0.39, 0.29) is 6.04 Å². The maximum absolute atomic E-state index is 7.13. The molecule has 0 N–H and O–H groups in total. The van der Waals surface area contributed by atoms with E-state index >= 15 is 0 Å². The van der Waals surface area contributed by atoms with Gasteiger partial charge in [0.15, 0.2) is 0 Å². The molecule has 1 unspecified atom stereocenters. The highest BCUT2D eigenvalue weighted by Crippen LogP contribution is 2.34. The van der Waals surface area contributed by atoms with Crippen molar-refractivity contribution in [3.63, 3.8) is 0 Å². The summed E-state index contributed by atoms with van der Waals surface area (Å²) >= 11 is 0. The van der Waals surface area contributed by atoms with Crippen LogP contribution in [0.2, 0.25) is 0 Å². The van der Waals surface area contributed by atoms with Gasteiger partial charge in [0.25, 0.3) is 0 Å². The average molecular weight is 233 g/mol. The first kappa shape index (κ1) is 13.4. The van der Waals surface area contributed by atoms with Gasteiger partial charge < -0.3 is 14.3 Å². The maximum Gasteiger partial charge on any atom is 0.249 e. The Bertz CT molecular complexity index is 421. The van der Waals surface area contributed by atoms with E-state index < -0.39 is 0 Å². The Balaban J connectivity index is 3.22. The van der Waals surface area contributed by atoms with Gasteiger partial charge in [0.1, 0.15) is 11.5 Å². The van der Waals surface area contributed by atoms with Crippen molar-refractivity contribution in [2.45, 2.75) is 33.7 Å². The van der Waals surface area contributed by atoms with E-state index in [1.807, 2.05) is 39.8 Å². The second-order valence-electron chi connectivity index (χ2n) is 3.83. The molecular formula is C14H19NO2. The Morgan fingerprint density at radius 1 is 1.18 bits per heavy atom. The van der Waals surface area contributed by atoms with Gasteiger partial charge in [0.2, 0.25) is 6.04 Å². The lowest BCUT2D eigenvalue weighted by Gasteiger charge is -2.14. The van der Waals surface area contributed by atoms with Crippen molar-refractivity contribution in [1.29, 1.82) is 0 Å². The molecule has 0 heterocycles. The number of rotatable bonds is 5. The second kappa shape index (κ2) is 6.15. The van der Waals surface area contributed by atoms with Crippen molar-refractivity contribution in [2.75, 3.05) is 13.2 Å². The highest BCUT2D eigenvalue weighted by molar-refractivity contribution is 5.48. The summed E-state index contributed by atoms with van der Waals surface area (Å²) in [5.74, 6) is 1.62. The largest absolute Gasteiger partial charge is 0.494 e. The smallest absolute Gasteiger partial charge is 0.249 e. The standard InChI is InChI=1S/C14H19NO2/c1-6-16-13-9-12(11(4)15-5)14(17-7-2)8-10(13)3/h8-9,11H,6-7H2,1-4H3. The third kappa shape index (κ3) is 3.13. The van der Waals surface area contributed by atoms with E-state index in [0.717, 1.165) is 22.6 Å². The topological polar surface area (TPSA) is 22.8 Å². The first-order valence-corrected chi connectivity index (χ1v) is 5.90. The third-order valence-corrected chi connectivity index (χ3v) is 2.55. The molecule has 0 aliphatic carbocycles. The lowest BCUT2D eigenvalue weighted by Crippen LogP contribution is -2.02. The summed E-state index contributed by atoms with van der Waals surface area (Å²) in [6.07, 6.45) is 0. The van der Waals surface area contributed by atoms with Gasteiger partial charge in [-0.25, -0.2) is 6.57 Å². The fourth-order valence-corrected chi connectivity index (χ4v) is 1.66. The van der Waals surface area contributed by atoms with Crippen molar-refractivity contribution in [1.82, 2.24) is 0 Å². The number of aryl methyl sites for hydroxylation is 1. The molecule has 0 radical (unpaired) electrons. The van der Waals surface area contributed by atoms with E-state index in [9.17, 15) is 0 Å². The molecule has 17 heavy (non-hydrogen) atoms. The van der Waals surface area contributed by atoms with E-state index in [2.05, 4.69) is 4.85 Å². The Labute approximate surface area is 103 Å². The lowest BCUT2D eigenvalue weighted by atomic mass is 10.0. The molecule has 1 aromatic rings. The van der Waals surface area contributed by atoms with Crippen LogP contribution in [0.1, 0.15) is 37.9 Å². The van der Waals surface area contributed by atoms with E-state index in [0.29, 0.717) is 13.2 Å². The highest BCUT2D eigenvalue weighted by Gasteiger charge is 2.18. The minimum Gasteiger partial charge on any atom is -0.494 e. The first-order valence-electron chi connectivity index (χ1n) is 5.90. The van der Waals surface area contributed by atoms with Crippen molar-refractivity contribution in [2.24, 2.45) is 0 Å². The van der Waals surface area contributed by atoms with Gasteiger partial charge in [0, 0.05) is 6.92 Å². The normalized spacial score (nSPS) is 11.7. The Kier molecular flexibility index (Phi) is 4.84. The van der Waals surface area contributed by atoms with Crippen LogP contribution in [0.15, 0.2) is 12.1 Å². The minimum absolute atomic E-state index is 0.212. The van der Waals surface area contributed by atoms with E-state index in [1.54, 1.807) is 0 Å². The van der Waals surface area contributed by atoms with Crippen LogP contribution >= 0.6 is 0 Å². The highest BCUT2D eigenvalue weighted by atomic mass is 16.5. The molecule has 0 saturated carbocycles. The van der Waals surface area contributed by atoms with Gasteiger partial charge in [-0.1, -0.05) is 0 Å². The summed E-state index contributed by atoms with van der Waals surface area (Å²) in [4.78, 5) is 3.55. The monoisotopic (exact) mass is 233 g/mol. The van der Waals surface area contributed by atoms with Crippen LogP contribution < -0.4 is 9.47 Å². The zero-order valence-electron chi connectivity index (χ0n) is 10.9. The van der Waals surface area contributed by atoms with Crippen LogP contribution in [0.5, 0.6) is 11.5 Å².